The van der Waals surface area contributed by atoms with E-state index < -0.39 is 59.9 Å². The number of allylic oxidation sites excluding steroid dienone is 4. The zero-order valence-electron chi connectivity index (χ0n) is 11.8. The Morgan fingerprint density at radius 1 is 0.519 bits per heavy atom. The van der Waals surface area contributed by atoms with E-state index in [1.54, 1.807) is 0 Å². The molecule has 0 aromatic carbocycles. The number of ketones is 2. The van der Waals surface area contributed by atoms with Crippen LogP contribution in [0.15, 0.2) is 23.7 Å². The molecule has 0 aliphatic rings. The number of hydrogen-bond acceptors (Lipinski definition) is 4. The quantitative estimate of drug-likeness (QED) is 0.274. The summed E-state index contributed by atoms with van der Waals surface area (Å²) in [5.74, 6) is -10.7. The maximum Gasteiger partial charge on any atom is 0.454 e. The first-order valence-electron chi connectivity index (χ1n) is 5.28. The summed E-state index contributed by atoms with van der Waals surface area (Å²) in [4.78, 5) is 19.7. The summed E-state index contributed by atoms with van der Waals surface area (Å²) in [5, 5.41) is 15.9. The molecule has 17 heteroatoms. The predicted octanol–water partition coefficient (Wildman–Crippen LogP) is 4.24. The summed E-state index contributed by atoms with van der Waals surface area (Å²) >= 11 is 0. The van der Waals surface area contributed by atoms with Gasteiger partial charge in [0.2, 0.25) is 11.5 Å². The molecule has 27 heavy (non-hydrogen) atoms. The van der Waals surface area contributed by atoms with Gasteiger partial charge in [0.25, 0.3) is 11.6 Å². The standard InChI is InChI=1S/2C5H2F6O2.Mn/c2*6-4(7,8)2(12)1-3(13)5(9,10)11;/h2*1,12H;/b2*2-1-;. The van der Waals surface area contributed by atoms with Crippen molar-refractivity contribution in [1.82, 2.24) is 0 Å². The van der Waals surface area contributed by atoms with E-state index in [2.05, 4.69) is 0 Å². The average Bonchev–Trinajstić information content (AvgIpc) is 2.34. The van der Waals surface area contributed by atoms with Gasteiger partial charge in [-0.3, -0.25) is 9.59 Å². The third-order valence-electron chi connectivity index (χ3n) is 1.68. The van der Waals surface area contributed by atoms with E-state index in [0.29, 0.717) is 0 Å². The Bertz CT molecular complexity index is 527. The van der Waals surface area contributed by atoms with E-state index in [-0.39, 0.29) is 17.1 Å². The molecule has 0 fully saturated rings. The largest absolute Gasteiger partial charge is 0.504 e. The van der Waals surface area contributed by atoms with Crippen molar-refractivity contribution < 1.29 is 89.6 Å². The van der Waals surface area contributed by atoms with Crippen LogP contribution in [0.5, 0.6) is 0 Å². The number of hydrogen-bond donors (Lipinski definition) is 2. The molecule has 0 rings (SSSR count). The normalized spacial score (nSPS) is 13.9. The van der Waals surface area contributed by atoms with Crippen molar-refractivity contribution in [3.8, 4) is 0 Å². The van der Waals surface area contributed by atoms with Crippen molar-refractivity contribution >= 4 is 11.6 Å². The minimum absolute atomic E-state index is 0. The Kier molecular flexibility index (Phi) is 10.9. The molecular weight excluding hydrogens is 467 g/mol. The van der Waals surface area contributed by atoms with Crippen LogP contribution in [-0.4, -0.2) is 46.5 Å². The van der Waals surface area contributed by atoms with Gasteiger partial charge in [0, 0.05) is 29.2 Å². The molecule has 159 valence electrons. The molecule has 0 amide bonds. The number of alkyl halides is 12. The second-order valence-electron chi connectivity index (χ2n) is 3.78. The van der Waals surface area contributed by atoms with E-state index in [9.17, 15) is 62.3 Å². The van der Waals surface area contributed by atoms with Gasteiger partial charge in [0.1, 0.15) is 0 Å². The number of rotatable bonds is 2. The minimum Gasteiger partial charge on any atom is -0.504 e. The Balaban J connectivity index is -0.000000411. The van der Waals surface area contributed by atoms with Crippen LogP contribution in [-0.2, 0) is 26.7 Å². The van der Waals surface area contributed by atoms with Crippen LogP contribution in [0.2, 0.25) is 0 Å². The van der Waals surface area contributed by atoms with E-state index in [0.717, 1.165) is 0 Å². The fraction of sp³-hybridized carbons (Fsp3) is 0.400. The Labute approximate surface area is 150 Å². The molecule has 0 aliphatic carbocycles. The van der Waals surface area contributed by atoms with Gasteiger partial charge in [0.05, 0.1) is 0 Å². The van der Waals surface area contributed by atoms with Crippen molar-refractivity contribution in [3.05, 3.63) is 23.7 Å². The number of carbonyl (C=O) groups is 2. The van der Waals surface area contributed by atoms with Crippen LogP contribution in [0, 0.1) is 0 Å². The van der Waals surface area contributed by atoms with Crippen LogP contribution >= 0.6 is 0 Å². The molecule has 0 aromatic rings. The van der Waals surface area contributed by atoms with Gasteiger partial charge in [-0.15, -0.1) is 0 Å². The summed E-state index contributed by atoms with van der Waals surface area (Å²) in [7, 11) is 0. The van der Waals surface area contributed by atoms with Crippen LogP contribution in [0.3, 0.4) is 0 Å². The van der Waals surface area contributed by atoms with Gasteiger partial charge < -0.3 is 10.2 Å². The maximum atomic E-state index is 11.4. The molecule has 0 aromatic heterocycles. The molecule has 0 heterocycles. The third-order valence-corrected chi connectivity index (χ3v) is 1.68. The molecule has 0 aliphatic heterocycles. The number of halogens is 12. The Morgan fingerprint density at radius 2 is 0.704 bits per heavy atom. The molecule has 0 atom stereocenters. The van der Waals surface area contributed by atoms with Crippen LogP contribution in [0.4, 0.5) is 52.7 Å². The molecule has 1 radical (unpaired) electrons. The van der Waals surface area contributed by atoms with Gasteiger partial charge in [-0.05, 0) is 0 Å². The molecule has 0 bridgehead atoms. The van der Waals surface area contributed by atoms with Crippen molar-refractivity contribution in [2.75, 3.05) is 0 Å². The van der Waals surface area contributed by atoms with Gasteiger partial charge in [0.15, 0.2) is 0 Å². The zero-order valence-corrected chi connectivity index (χ0v) is 13.0. The number of carbonyl (C=O) groups excluding carboxylic acids is 2. The van der Waals surface area contributed by atoms with Crippen LogP contribution < -0.4 is 0 Å². The fourth-order valence-electron chi connectivity index (χ4n) is 0.576. The summed E-state index contributed by atoms with van der Waals surface area (Å²) in [6, 6.07) is 0. The Morgan fingerprint density at radius 3 is 0.815 bits per heavy atom. The maximum absolute atomic E-state index is 11.4. The summed E-state index contributed by atoms with van der Waals surface area (Å²) in [5.41, 5.74) is 0. The van der Waals surface area contributed by atoms with Crippen LogP contribution in [0.1, 0.15) is 0 Å². The van der Waals surface area contributed by atoms with Gasteiger partial charge in [-0.25, -0.2) is 0 Å². The van der Waals surface area contributed by atoms with Crippen molar-refractivity contribution in [3.63, 3.8) is 0 Å². The smallest absolute Gasteiger partial charge is 0.454 e. The van der Waals surface area contributed by atoms with Gasteiger partial charge in [-0.1, -0.05) is 0 Å². The first-order chi connectivity index (χ1) is 11.1. The molecular formula is C10H4F12MnO4. The minimum atomic E-state index is -5.42. The van der Waals surface area contributed by atoms with E-state index >= 15 is 0 Å². The molecule has 0 saturated heterocycles. The van der Waals surface area contributed by atoms with Gasteiger partial charge >= 0.3 is 24.7 Å². The topological polar surface area (TPSA) is 74.6 Å². The first kappa shape index (κ1) is 29.8. The zero-order chi connectivity index (χ0) is 21.7. The van der Waals surface area contributed by atoms with Gasteiger partial charge in [-0.2, -0.15) is 52.7 Å². The molecule has 0 unspecified atom stereocenters. The second kappa shape index (κ2) is 9.87. The van der Waals surface area contributed by atoms with Crippen LogP contribution in [0.25, 0.3) is 0 Å². The molecule has 4 nitrogen and oxygen atoms in total. The van der Waals surface area contributed by atoms with E-state index in [1.807, 2.05) is 0 Å². The fourth-order valence-corrected chi connectivity index (χ4v) is 0.576. The molecule has 0 saturated carbocycles. The SMILES string of the molecule is O=C(/C=C(\O)C(F)(F)F)C(F)(F)F.O=C(/C=C(\O)C(F)(F)F)C(F)(F)F.[Mn]. The number of aliphatic hydroxyl groups is 2. The summed E-state index contributed by atoms with van der Waals surface area (Å²) in [6.45, 7) is 0. The predicted molar refractivity (Wildman–Crippen MR) is 55.7 cm³/mol. The van der Waals surface area contributed by atoms with Crippen molar-refractivity contribution in [2.45, 2.75) is 24.7 Å². The number of aliphatic hydroxyl groups excluding tert-OH is 2. The second-order valence-corrected chi connectivity index (χ2v) is 3.78. The Hall–Kier alpha value is -1.90. The summed E-state index contributed by atoms with van der Waals surface area (Å²) in [6.07, 6.45) is -23.4. The van der Waals surface area contributed by atoms with Crippen molar-refractivity contribution in [1.29, 1.82) is 0 Å². The first-order valence-corrected chi connectivity index (χ1v) is 5.28. The third kappa shape index (κ3) is 13.0. The van der Waals surface area contributed by atoms with E-state index in [1.165, 1.54) is 0 Å². The monoisotopic (exact) mass is 471 g/mol. The average molecular weight is 471 g/mol. The molecule has 0 spiro atoms. The summed E-state index contributed by atoms with van der Waals surface area (Å²) < 4.78 is 136. The molecule has 2 N–H and O–H groups in total. The van der Waals surface area contributed by atoms with E-state index in [4.69, 9.17) is 10.2 Å². The van der Waals surface area contributed by atoms with Crippen molar-refractivity contribution in [2.24, 2.45) is 0 Å².